The number of piperidine rings is 1. The quantitative estimate of drug-likeness (QED) is 0.599. The molecule has 8 nitrogen and oxygen atoms in total. The molecule has 1 aliphatic rings. The summed E-state index contributed by atoms with van der Waals surface area (Å²) in [5.41, 5.74) is 4.14. The van der Waals surface area contributed by atoms with Gasteiger partial charge in [-0.2, -0.15) is 0 Å². The van der Waals surface area contributed by atoms with E-state index in [0.29, 0.717) is 37.3 Å². The predicted octanol–water partition coefficient (Wildman–Crippen LogP) is 3.94. The Balaban J connectivity index is 1.49. The highest BCUT2D eigenvalue weighted by atomic mass is 16.2. The molecular formula is C23H29N5O3. The van der Waals surface area contributed by atoms with Crippen molar-refractivity contribution in [1.82, 2.24) is 10.2 Å². The lowest BCUT2D eigenvalue weighted by molar-refractivity contribution is -0.125. The smallest absolute Gasteiger partial charge is 0.323 e. The normalized spacial score (nSPS) is 14.0. The van der Waals surface area contributed by atoms with E-state index in [9.17, 15) is 14.4 Å². The zero-order valence-corrected chi connectivity index (χ0v) is 18.1. The Kier molecular flexibility index (Phi) is 7.12. The Morgan fingerprint density at radius 3 is 2.06 bits per heavy atom. The van der Waals surface area contributed by atoms with E-state index in [4.69, 9.17) is 0 Å². The van der Waals surface area contributed by atoms with Gasteiger partial charge in [0.1, 0.15) is 0 Å². The molecule has 0 spiro atoms. The van der Waals surface area contributed by atoms with E-state index < -0.39 is 0 Å². The van der Waals surface area contributed by atoms with Crippen LogP contribution in [0, 0.1) is 19.8 Å². The molecule has 31 heavy (non-hydrogen) atoms. The van der Waals surface area contributed by atoms with E-state index in [0.717, 1.165) is 16.8 Å². The average molecular weight is 424 g/mol. The molecule has 5 amide bonds. The van der Waals surface area contributed by atoms with Crippen LogP contribution in [0.2, 0.25) is 0 Å². The van der Waals surface area contributed by atoms with Gasteiger partial charge in [0, 0.05) is 43.1 Å². The van der Waals surface area contributed by atoms with Crippen LogP contribution in [0.5, 0.6) is 0 Å². The van der Waals surface area contributed by atoms with Gasteiger partial charge >= 0.3 is 12.1 Å². The Labute approximate surface area is 182 Å². The molecule has 1 aliphatic heterocycles. The van der Waals surface area contributed by atoms with Crippen LogP contribution in [0.25, 0.3) is 0 Å². The largest absolute Gasteiger partial charge is 0.359 e. The first-order valence-corrected chi connectivity index (χ1v) is 10.4. The summed E-state index contributed by atoms with van der Waals surface area (Å²) in [6.07, 6.45) is 1.32. The molecule has 1 saturated heterocycles. The standard InChI is InChI=1S/C23H29N5O3/c1-15-4-9-20(16(2)14-15)27-22(30)25-18-5-7-19(8-6-18)26-23(31)28-12-10-17(11-13-28)21(29)24-3/h4-9,14,17H,10-13H2,1-3H3,(H,24,29)(H,26,31)(H2,25,27,30). The molecule has 164 valence electrons. The molecule has 0 bridgehead atoms. The first-order valence-electron chi connectivity index (χ1n) is 10.4. The minimum Gasteiger partial charge on any atom is -0.359 e. The number of anilines is 3. The van der Waals surface area contributed by atoms with Gasteiger partial charge in [0.25, 0.3) is 0 Å². The van der Waals surface area contributed by atoms with E-state index in [2.05, 4.69) is 21.3 Å². The Hall–Kier alpha value is -3.55. The summed E-state index contributed by atoms with van der Waals surface area (Å²) in [7, 11) is 1.63. The summed E-state index contributed by atoms with van der Waals surface area (Å²) < 4.78 is 0. The summed E-state index contributed by atoms with van der Waals surface area (Å²) in [5, 5.41) is 11.1. The molecule has 1 heterocycles. The lowest BCUT2D eigenvalue weighted by Crippen LogP contribution is -2.44. The molecule has 1 fully saturated rings. The first-order chi connectivity index (χ1) is 14.9. The molecule has 2 aromatic rings. The molecule has 3 rings (SSSR count). The number of hydrogen-bond donors (Lipinski definition) is 4. The zero-order valence-electron chi connectivity index (χ0n) is 18.1. The van der Waals surface area contributed by atoms with Gasteiger partial charge in [-0.3, -0.25) is 4.79 Å². The lowest BCUT2D eigenvalue weighted by atomic mass is 9.96. The van der Waals surface area contributed by atoms with Gasteiger partial charge < -0.3 is 26.2 Å². The topological polar surface area (TPSA) is 103 Å². The molecule has 0 atom stereocenters. The summed E-state index contributed by atoms with van der Waals surface area (Å²) in [4.78, 5) is 38.1. The molecule has 0 unspecified atom stereocenters. The van der Waals surface area contributed by atoms with Gasteiger partial charge in [0.2, 0.25) is 5.91 Å². The van der Waals surface area contributed by atoms with Crippen molar-refractivity contribution in [2.24, 2.45) is 5.92 Å². The lowest BCUT2D eigenvalue weighted by Gasteiger charge is -2.31. The molecular weight excluding hydrogens is 394 g/mol. The molecule has 0 saturated carbocycles. The Morgan fingerprint density at radius 1 is 0.871 bits per heavy atom. The molecule has 4 N–H and O–H groups in total. The number of likely N-dealkylation sites (tertiary alicyclic amines) is 1. The van der Waals surface area contributed by atoms with Crippen LogP contribution in [0.1, 0.15) is 24.0 Å². The second-order valence-corrected chi connectivity index (χ2v) is 7.78. The van der Waals surface area contributed by atoms with Crippen LogP contribution < -0.4 is 21.3 Å². The molecule has 8 heteroatoms. The fourth-order valence-corrected chi connectivity index (χ4v) is 3.63. The van der Waals surface area contributed by atoms with E-state index in [1.165, 1.54) is 0 Å². The van der Waals surface area contributed by atoms with Crippen LogP contribution in [0.3, 0.4) is 0 Å². The van der Waals surface area contributed by atoms with E-state index in [1.54, 1.807) is 36.2 Å². The van der Waals surface area contributed by atoms with Crippen LogP contribution in [-0.4, -0.2) is 43.0 Å². The molecule has 2 aromatic carbocycles. The maximum atomic E-state index is 12.5. The highest BCUT2D eigenvalue weighted by Gasteiger charge is 2.26. The van der Waals surface area contributed by atoms with Gasteiger partial charge in [0.05, 0.1) is 0 Å². The number of rotatable bonds is 4. The van der Waals surface area contributed by atoms with Crippen molar-refractivity contribution < 1.29 is 14.4 Å². The number of nitrogens with zero attached hydrogens (tertiary/aromatic N) is 1. The second-order valence-electron chi connectivity index (χ2n) is 7.78. The Morgan fingerprint density at radius 2 is 1.48 bits per heavy atom. The third-order valence-corrected chi connectivity index (χ3v) is 5.42. The van der Waals surface area contributed by atoms with E-state index in [-0.39, 0.29) is 23.9 Å². The average Bonchev–Trinajstić information content (AvgIpc) is 2.76. The van der Waals surface area contributed by atoms with Crippen LogP contribution >= 0.6 is 0 Å². The minimum atomic E-state index is -0.331. The van der Waals surface area contributed by atoms with Gasteiger partial charge in [-0.25, -0.2) is 9.59 Å². The van der Waals surface area contributed by atoms with Gasteiger partial charge in [-0.05, 0) is 62.6 Å². The maximum absolute atomic E-state index is 12.5. The third-order valence-electron chi connectivity index (χ3n) is 5.42. The fourth-order valence-electron chi connectivity index (χ4n) is 3.63. The van der Waals surface area contributed by atoms with Crippen LogP contribution in [-0.2, 0) is 4.79 Å². The predicted molar refractivity (Wildman–Crippen MR) is 122 cm³/mol. The SMILES string of the molecule is CNC(=O)C1CCN(C(=O)Nc2ccc(NC(=O)Nc3ccc(C)cc3C)cc2)CC1. The zero-order chi connectivity index (χ0) is 22.4. The number of amides is 5. The number of hydrogen-bond acceptors (Lipinski definition) is 3. The van der Waals surface area contributed by atoms with Crippen molar-refractivity contribution in [2.75, 3.05) is 36.1 Å². The van der Waals surface area contributed by atoms with Crippen molar-refractivity contribution in [3.05, 3.63) is 53.6 Å². The summed E-state index contributed by atoms with van der Waals surface area (Å²) in [6, 6.07) is 12.2. The van der Waals surface area contributed by atoms with E-state index in [1.807, 2.05) is 32.0 Å². The monoisotopic (exact) mass is 423 g/mol. The number of aryl methyl sites for hydroxylation is 2. The van der Waals surface area contributed by atoms with Gasteiger partial charge in [0.15, 0.2) is 0 Å². The van der Waals surface area contributed by atoms with Gasteiger partial charge in [-0.15, -0.1) is 0 Å². The van der Waals surface area contributed by atoms with Crippen molar-refractivity contribution in [3.63, 3.8) is 0 Å². The third kappa shape index (κ3) is 5.97. The summed E-state index contributed by atoms with van der Waals surface area (Å²) in [5.74, 6) is -0.000950. The van der Waals surface area contributed by atoms with Crippen molar-refractivity contribution in [1.29, 1.82) is 0 Å². The van der Waals surface area contributed by atoms with Crippen molar-refractivity contribution in [3.8, 4) is 0 Å². The number of carbonyl (C=O) groups excluding carboxylic acids is 3. The first kappa shape index (κ1) is 22.1. The van der Waals surface area contributed by atoms with Crippen LogP contribution in [0.4, 0.5) is 26.7 Å². The number of benzene rings is 2. The summed E-state index contributed by atoms with van der Waals surface area (Å²) in [6.45, 7) is 5.04. The number of nitrogens with one attached hydrogen (secondary N) is 4. The second kappa shape index (κ2) is 9.97. The minimum absolute atomic E-state index is 0.0322. The molecule has 0 radical (unpaired) electrons. The fraction of sp³-hybridized carbons (Fsp3) is 0.348. The van der Waals surface area contributed by atoms with Crippen molar-refractivity contribution >= 4 is 35.0 Å². The highest BCUT2D eigenvalue weighted by molar-refractivity contribution is 6.00. The molecule has 0 aromatic heterocycles. The maximum Gasteiger partial charge on any atom is 0.323 e. The highest BCUT2D eigenvalue weighted by Crippen LogP contribution is 2.20. The number of urea groups is 2. The summed E-state index contributed by atoms with van der Waals surface area (Å²) >= 11 is 0. The van der Waals surface area contributed by atoms with Crippen molar-refractivity contribution in [2.45, 2.75) is 26.7 Å². The van der Waals surface area contributed by atoms with Gasteiger partial charge in [-0.1, -0.05) is 17.7 Å². The number of carbonyl (C=O) groups is 3. The van der Waals surface area contributed by atoms with E-state index >= 15 is 0 Å². The molecule has 0 aliphatic carbocycles. The van der Waals surface area contributed by atoms with Crippen LogP contribution in [0.15, 0.2) is 42.5 Å². The Bertz CT molecular complexity index is 950.